The minimum atomic E-state index is -0.339. The van der Waals surface area contributed by atoms with Crippen LogP contribution in [0.2, 0.25) is 0 Å². The van der Waals surface area contributed by atoms with Gasteiger partial charge in [-0.25, -0.2) is 4.79 Å². The molecule has 2 saturated heterocycles. The second-order valence-electron chi connectivity index (χ2n) is 18.0. The van der Waals surface area contributed by atoms with E-state index in [-0.39, 0.29) is 23.3 Å². The van der Waals surface area contributed by atoms with E-state index < -0.39 is 0 Å². The predicted molar refractivity (Wildman–Crippen MR) is 200 cm³/mol. The number of hydrogen-bond donors (Lipinski definition) is 0. The maximum absolute atomic E-state index is 13.2. The van der Waals surface area contributed by atoms with Crippen LogP contribution in [-0.2, 0) is 14.2 Å². The van der Waals surface area contributed by atoms with Crippen molar-refractivity contribution >= 4 is 5.97 Å². The van der Waals surface area contributed by atoms with Crippen molar-refractivity contribution in [3.8, 4) is 5.75 Å². The summed E-state index contributed by atoms with van der Waals surface area (Å²) in [4.78, 5) is 13.2. The van der Waals surface area contributed by atoms with Crippen LogP contribution < -0.4 is 4.74 Å². The van der Waals surface area contributed by atoms with Crippen molar-refractivity contribution < 1.29 is 23.7 Å². The number of rotatable bonds is 13. The summed E-state index contributed by atoms with van der Waals surface area (Å²) in [6.45, 7) is 15.3. The summed E-state index contributed by atoms with van der Waals surface area (Å²) in [7, 11) is 0. The van der Waals surface area contributed by atoms with Crippen molar-refractivity contribution in [1.29, 1.82) is 0 Å². The average molecular weight is 687 g/mol. The lowest BCUT2D eigenvalue weighted by Crippen LogP contribution is -2.52. The van der Waals surface area contributed by atoms with E-state index in [0.717, 1.165) is 69.3 Å². The molecule has 0 bridgehead atoms. The molecule has 0 unspecified atom stereocenters. The van der Waals surface area contributed by atoms with Crippen LogP contribution in [0.4, 0.5) is 0 Å². The topological polar surface area (TPSA) is 54.0 Å². The summed E-state index contributed by atoms with van der Waals surface area (Å²) in [5.74, 6) is 4.15. The smallest absolute Gasteiger partial charge is 0.338 e. The highest BCUT2D eigenvalue weighted by atomic mass is 16.7. The monoisotopic (exact) mass is 686 g/mol. The third-order valence-electron chi connectivity index (χ3n) is 15.0. The standard InChI is InChI=1S/C45H66O5/c1-6-7-8-9-10-11-12-13-14-27-47-35-18-15-33(16-19-35)42(46)49-36-22-24-43(4)34(28-36)17-20-37-38(43)23-25-44(5)39(37)29-40-41(44)32(3)45(50-40)26-21-31(2)30-48-45/h6,15-19,31-32,36-41H,1,7-14,20-30H2,2-5H3/t31-,32+,36+,37-,38+,39+,40+,41+,43+,44+,45-/m1/s1. The van der Waals surface area contributed by atoms with Crippen LogP contribution in [0.3, 0.4) is 0 Å². The van der Waals surface area contributed by atoms with E-state index in [2.05, 4.69) is 40.3 Å². The average Bonchev–Trinajstić information content (AvgIpc) is 3.56. The lowest BCUT2D eigenvalue weighted by molar-refractivity contribution is -0.272. The van der Waals surface area contributed by atoms with E-state index in [4.69, 9.17) is 18.9 Å². The molecule has 5 fully saturated rings. The van der Waals surface area contributed by atoms with Crippen molar-refractivity contribution in [3.63, 3.8) is 0 Å². The van der Waals surface area contributed by atoms with Crippen molar-refractivity contribution in [3.05, 3.63) is 54.1 Å². The van der Waals surface area contributed by atoms with Gasteiger partial charge >= 0.3 is 5.97 Å². The molecule has 11 atom stereocenters. The summed E-state index contributed by atoms with van der Waals surface area (Å²) in [6, 6.07) is 7.56. The largest absolute Gasteiger partial charge is 0.494 e. The third-order valence-corrected chi connectivity index (χ3v) is 15.0. The van der Waals surface area contributed by atoms with Crippen molar-refractivity contribution in [2.75, 3.05) is 13.2 Å². The Bertz CT molecular complexity index is 1360. The number of hydrogen-bond acceptors (Lipinski definition) is 5. The van der Waals surface area contributed by atoms with Gasteiger partial charge in [-0.2, -0.15) is 0 Å². The van der Waals surface area contributed by atoms with Gasteiger partial charge in [0.05, 0.1) is 24.9 Å². The van der Waals surface area contributed by atoms with Crippen LogP contribution in [0.1, 0.15) is 147 Å². The lowest BCUT2D eigenvalue weighted by atomic mass is 9.47. The maximum atomic E-state index is 13.2. The fraction of sp³-hybridized carbons (Fsp3) is 0.756. The van der Waals surface area contributed by atoms with Gasteiger partial charge in [-0.1, -0.05) is 77.5 Å². The fourth-order valence-corrected chi connectivity index (χ4v) is 12.1. The van der Waals surface area contributed by atoms with Crippen LogP contribution in [-0.4, -0.2) is 37.2 Å². The predicted octanol–water partition coefficient (Wildman–Crippen LogP) is 11.3. The molecular formula is C45H66O5. The van der Waals surface area contributed by atoms with Crippen LogP contribution in [0.5, 0.6) is 5.75 Å². The number of carbonyl (C=O) groups is 1. The number of benzene rings is 1. The highest BCUT2D eigenvalue weighted by molar-refractivity contribution is 5.89. The van der Waals surface area contributed by atoms with Gasteiger partial charge in [-0.05, 0) is 129 Å². The van der Waals surface area contributed by atoms with Crippen LogP contribution in [0, 0.1) is 46.3 Å². The Labute approximate surface area is 303 Å². The molecule has 2 heterocycles. The molecule has 6 aliphatic rings. The van der Waals surface area contributed by atoms with Gasteiger partial charge in [0.1, 0.15) is 11.9 Å². The zero-order valence-electron chi connectivity index (χ0n) is 31.8. The van der Waals surface area contributed by atoms with Crippen molar-refractivity contribution in [2.24, 2.45) is 46.3 Å². The van der Waals surface area contributed by atoms with Crippen LogP contribution in [0.15, 0.2) is 48.6 Å². The normalized spacial score (nSPS) is 40.3. The summed E-state index contributed by atoms with van der Waals surface area (Å²) in [5, 5.41) is 0. The first-order chi connectivity index (χ1) is 24.2. The summed E-state index contributed by atoms with van der Waals surface area (Å²) < 4.78 is 25.7. The minimum absolute atomic E-state index is 0.0420. The SMILES string of the molecule is C=CCCCCCCCCCOc1ccc(C(=O)O[C@H]2CC[C@@]3(C)C(=CC[C@H]4[C@@H]5C[C@@H]6O[C@]7(CC[C@@H](C)CO7)[C@@H](C)[C@@H]6[C@@]5(C)CC[C@@H]43)C2)cc1. The second kappa shape index (κ2) is 15.1. The van der Waals surface area contributed by atoms with E-state index >= 15 is 0 Å². The first-order valence-electron chi connectivity index (χ1n) is 20.7. The molecule has 1 aromatic rings. The number of ether oxygens (including phenoxy) is 4. The van der Waals surface area contributed by atoms with E-state index in [1.54, 1.807) is 5.57 Å². The quantitative estimate of drug-likeness (QED) is 0.117. The Morgan fingerprint density at radius 3 is 2.44 bits per heavy atom. The first kappa shape index (κ1) is 36.3. The number of unbranched alkanes of at least 4 members (excludes halogenated alkanes) is 7. The highest BCUT2D eigenvalue weighted by Crippen LogP contribution is 2.70. The van der Waals surface area contributed by atoms with Crippen molar-refractivity contribution in [2.45, 2.75) is 155 Å². The van der Waals surface area contributed by atoms with Gasteiger partial charge in [0, 0.05) is 18.8 Å². The van der Waals surface area contributed by atoms with Gasteiger partial charge in [0.2, 0.25) is 0 Å². The molecule has 0 N–H and O–H groups in total. The number of fused-ring (bicyclic) bond motifs is 7. The zero-order valence-corrected chi connectivity index (χ0v) is 31.8. The third kappa shape index (κ3) is 6.89. The molecular weight excluding hydrogens is 620 g/mol. The van der Waals surface area contributed by atoms with Gasteiger partial charge < -0.3 is 18.9 Å². The molecule has 50 heavy (non-hydrogen) atoms. The lowest BCUT2D eigenvalue weighted by Gasteiger charge is -2.58. The van der Waals surface area contributed by atoms with Gasteiger partial charge in [0.25, 0.3) is 0 Å². The van der Waals surface area contributed by atoms with Gasteiger partial charge in [0.15, 0.2) is 5.79 Å². The molecule has 276 valence electrons. The molecule has 3 saturated carbocycles. The van der Waals surface area contributed by atoms with Gasteiger partial charge in [-0.15, -0.1) is 6.58 Å². The number of carbonyl (C=O) groups excluding carboxylic acids is 1. The molecule has 0 radical (unpaired) electrons. The molecule has 1 aromatic carbocycles. The first-order valence-corrected chi connectivity index (χ1v) is 20.7. The summed E-state index contributed by atoms with van der Waals surface area (Å²) in [5.41, 5.74) is 2.71. The summed E-state index contributed by atoms with van der Waals surface area (Å²) >= 11 is 0. The molecule has 2 aliphatic heterocycles. The van der Waals surface area contributed by atoms with E-state index in [1.165, 1.54) is 70.6 Å². The Morgan fingerprint density at radius 2 is 1.70 bits per heavy atom. The number of allylic oxidation sites excluding steroid dienone is 2. The molecule has 0 amide bonds. The molecule has 0 aromatic heterocycles. The van der Waals surface area contributed by atoms with Gasteiger partial charge in [-0.3, -0.25) is 0 Å². The summed E-state index contributed by atoms with van der Waals surface area (Å²) in [6.07, 6.45) is 25.0. The molecule has 1 spiro atoms. The maximum Gasteiger partial charge on any atom is 0.338 e. The Kier molecular flexibility index (Phi) is 10.9. The van der Waals surface area contributed by atoms with Crippen LogP contribution in [0.25, 0.3) is 0 Å². The Morgan fingerprint density at radius 1 is 0.940 bits per heavy atom. The molecule has 5 nitrogen and oxygen atoms in total. The zero-order chi connectivity index (χ0) is 34.9. The highest BCUT2D eigenvalue weighted by Gasteiger charge is 2.68. The van der Waals surface area contributed by atoms with Crippen LogP contribution >= 0.6 is 0 Å². The Hall–Kier alpha value is -2.11. The molecule has 4 aliphatic carbocycles. The van der Waals surface area contributed by atoms with E-state index in [0.29, 0.717) is 40.8 Å². The second-order valence-corrected chi connectivity index (χ2v) is 18.0. The molecule has 7 rings (SSSR count). The van der Waals surface area contributed by atoms with E-state index in [9.17, 15) is 4.79 Å². The molecule has 5 heteroatoms. The van der Waals surface area contributed by atoms with E-state index in [1.807, 2.05) is 30.3 Å². The van der Waals surface area contributed by atoms with Crippen molar-refractivity contribution in [1.82, 2.24) is 0 Å². The Balaban J connectivity index is 0.890. The fourth-order valence-electron chi connectivity index (χ4n) is 12.1. The minimum Gasteiger partial charge on any atom is -0.494 e. The number of esters is 1.